The molecule has 7 nitrogen and oxygen atoms in total. The van der Waals surface area contributed by atoms with Crippen LogP contribution in [-0.2, 0) is 0 Å². The molecule has 1 saturated heterocycles. The van der Waals surface area contributed by atoms with Crippen molar-refractivity contribution in [3.63, 3.8) is 0 Å². The predicted molar refractivity (Wildman–Crippen MR) is 97.4 cm³/mol. The number of hydrogen-bond donors (Lipinski definition) is 0. The lowest BCUT2D eigenvalue weighted by Gasteiger charge is -2.35. The Balaban J connectivity index is 1.62. The van der Waals surface area contributed by atoms with Gasteiger partial charge in [0, 0.05) is 45.8 Å². The van der Waals surface area contributed by atoms with Crippen molar-refractivity contribution in [3.8, 4) is 5.75 Å². The molecule has 0 aliphatic carbocycles. The molecular weight excluding hydrogens is 337 g/mol. The van der Waals surface area contributed by atoms with Gasteiger partial charge >= 0.3 is 0 Å². The van der Waals surface area contributed by atoms with Gasteiger partial charge in [-0.1, -0.05) is 0 Å². The fourth-order valence-electron chi connectivity index (χ4n) is 2.85. The number of rotatable bonds is 4. The number of methoxy groups -OCH3 is 1. The summed E-state index contributed by atoms with van der Waals surface area (Å²) in [6, 6.07) is 8.13. The van der Waals surface area contributed by atoms with Gasteiger partial charge in [0.25, 0.3) is 5.91 Å². The van der Waals surface area contributed by atoms with Crippen molar-refractivity contribution in [2.24, 2.45) is 0 Å². The Bertz CT molecular complexity index is 774. The molecule has 8 heteroatoms. The number of ether oxygens (including phenoxy) is 1. The average Bonchev–Trinajstić information content (AvgIpc) is 2.67. The van der Waals surface area contributed by atoms with Gasteiger partial charge in [0.05, 0.1) is 7.11 Å². The van der Waals surface area contributed by atoms with E-state index in [4.69, 9.17) is 4.74 Å². The van der Waals surface area contributed by atoms with E-state index < -0.39 is 5.82 Å². The normalized spacial score (nSPS) is 14.3. The molecule has 0 N–H and O–H groups in total. The molecule has 0 unspecified atom stereocenters. The molecule has 0 bridgehead atoms. The topological polar surface area (TPSA) is 61.8 Å². The van der Waals surface area contributed by atoms with Crippen LogP contribution in [0.15, 0.2) is 30.3 Å². The third-order valence-electron chi connectivity index (χ3n) is 4.38. The summed E-state index contributed by atoms with van der Waals surface area (Å²) in [5, 5.41) is 8.43. The Kier molecular flexibility index (Phi) is 5.20. The zero-order valence-corrected chi connectivity index (χ0v) is 15.1. The molecule has 2 heterocycles. The highest BCUT2D eigenvalue weighted by molar-refractivity contribution is 5.94. The van der Waals surface area contributed by atoms with Crippen LogP contribution in [0.25, 0.3) is 0 Å². The van der Waals surface area contributed by atoms with Gasteiger partial charge in [-0.25, -0.2) is 4.39 Å². The minimum atomic E-state index is -0.534. The molecule has 1 fully saturated rings. The molecule has 138 valence electrons. The number of hydrogen-bond acceptors (Lipinski definition) is 6. The lowest BCUT2D eigenvalue weighted by Crippen LogP contribution is -2.49. The third-order valence-corrected chi connectivity index (χ3v) is 4.38. The summed E-state index contributed by atoms with van der Waals surface area (Å²) in [6.45, 7) is 2.40. The Morgan fingerprint density at radius 1 is 1.12 bits per heavy atom. The van der Waals surface area contributed by atoms with Gasteiger partial charge in [0.1, 0.15) is 0 Å². The number of halogens is 1. The van der Waals surface area contributed by atoms with Crippen molar-refractivity contribution < 1.29 is 13.9 Å². The van der Waals surface area contributed by atoms with Crippen LogP contribution in [0, 0.1) is 5.82 Å². The highest BCUT2D eigenvalue weighted by Gasteiger charge is 2.23. The predicted octanol–water partition coefficient (Wildman–Crippen LogP) is 1.65. The van der Waals surface area contributed by atoms with Crippen LogP contribution in [0.1, 0.15) is 10.4 Å². The van der Waals surface area contributed by atoms with E-state index in [9.17, 15) is 9.18 Å². The van der Waals surface area contributed by atoms with Crippen LogP contribution >= 0.6 is 0 Å². The van der Waals surface area contributed by atoms with Gasteiger partial charge in [-0.15, -0.1) is 10.2 Å². The second-order valence-electron chi connectivity index (χ2n) is 6.27. The molecule has 26 heavy (non-hydrogen) atoms. The van der Waals surface area contributed by atoms with Crippen LogP contribution in [0.3, 0.4) is 0 Å². The number of nitrogens with zero attached hydrogens (tertiary/aromatic N) is 5. The molecule has 1 aliphatic heterocycles. The van der Waals surface area contributed by atoms with Crippen molar-refractivity contribution in [2.45, 2.75) is 0 Å². The van der Waals surface area contributed by atoms with E-state index in [0.29, 0.717) is 31.7 Å². The Morgan fingerprint density at radius 3 is 2.38 bits per heavy atom. The fourth-order valence-corrected chi connectivity index (χ4v) is 2.85. The highest BCUT2D eigenvalue weighted by atomic mass is 19.1. The molecule has 1 aromatic carbocycles. The van der Waals surface area contributed by atoms with Crippen LogP contribution in [0.5, 0.6) is 5.75 Å². The summed E-state index contributed by atoms with van der Waals surface area (Å²) < 4.78 is 18.7. The Hall–Kier alpha value is -2.90. The number of aromatic nitrogens is 2. The maximum absolute atomic E-state index is 13.8. The number of anilines is 2. The molecule has 0 saturated carbocycles. The lowest BCUT2D eigenvalue weighted by atomic mass is 10.1. The first kappa shape index (κ1) is 17.9. The van der Waals surface area contributed by atoms with Gasteiger partial charge < -0.3 is 19.4 Å². The van der Waals surface area contributed by atoms with E-state index in [-0.39, 0.29) is 11.7 Å². The first-order valence-corrected chi connectivity index (χ1v) is 8.38. The largest absolute Gasteiger partial charge is 0.494 e. The minimum Gasteiger partial charge on any atom is -0.494 e. The lowest BCUT2D eigenvalue weighted by molar-refractivity contribution is 0.0746. The Morgan fingerprint density at radius 2 is 1.85 bits per heavy atom. The maximum atomic E-state index is 13.8. The van der Waals surface area contributed by atoms with Crippen LogP contribution < -0.4 is 14.5 Å². The number of carbonyl (C=O) groups excluding carboxylic acids is 1. The third kappa shape index (κ3) is 3.68. The molecule has 3 rings (SSSR count). The standard InChI is InChI=1S/C18H22FN5O2/c1-22(2)16-6-7-17(21-20-16)23-8-10-24(11-9-23)18(25)13-4-5-15(26-3)14(19)12-13/h4-7,12H,8-11H2,1-3H3. The summed E-state index contributed by atoms with van der Waals surface area (Å²) in [4.78, 5) is 18.3. The summed E-state index contributed by atoms with van der Waals surface area (Å²) in [7, 11) is 5.22. The first-order chi connectivity index (χ1) is 12.5. The summed E-state index contributed by atoms with van der Waals surface area (Å²) >= 11 is 0. The number of benzene rings is 1. The summed E-state index contributed by atoms with van der Waals surface area (Å²) in [6.07, 6.45) is 0. The van der Waals surface area contributed by atoms with Crippen molar-refractivity contribution in [2.75, 3.05) is 57.2 Å². The van der Waals surface area contributed by atoms with Crippen molar-refractivity contribution in [1.29, 1.82) is 0 Å². The summed E-state index contributed by atoms with van der Waals surface area (Å²) in [5.74, 6) is 1.00. The SMILES string of the molecule is COc1ccc(C(=O)N2CCN(c3ccc(N(C)C)nn3)CC2)cc1F. The van der Waals surface area contributed by atoms with Gasteiger partial charge in [0.2, 0.25) is 0 Å². The second-order valence-corrected chi connectivity index (χ2v) is 6.27. The molecule has 0 radical (unpaired) electrons. The monoisotopic (exact) mass is 359 g/mol. The minimum absolute atomic E-state index is 0.131. The van der Waals surface area contributed by atoms with E-state index in [1.807, 2.05) is 31.1 Å². The molecule has 1 aromatic heterocycles. The van der Waals surface area contributed by atoms with Gasteiger partial charge in [-0.05, 0) is 30.3 Å². The fraction of sp³-hybridized carbons (Fsp3) is 0.389. The summed E-state index contributed by atoms with van der Waals surface area (Å²) in [5.41, 5.74) is 0.326. The highest BCUT2D eigenvalue weighted by Crippen LogP contribution is 2.20. The molecule has 1 amide bonds. The van der Waals surface area contributed by atoms with E-state index >= 15 is 0 Å². The number of amides is 1. The second kappa shape index (κ2) is 7.55. The van der Waals surface area contributed by atoms with Crippen molar-refractivity contribution in [1.82, 2.24) is 15.1 Å². The molecule has 0 atom stereocenters. The Labute approximate surface area is 152 Å². The molecule has 0 spiro atoms. The van der Waals surface area contributed by atoms with Gasteiger partial charge in [-0.2, -0.15) is 0 Å². The quantitative estimate of drug-likeness (QED) is 0.827. The molecule has 1 aliphatic rings. The van der Waals surface area contributed by atoms with Crippen LogP contribution in [0.4, 0.5) is 16.0 Å². The van der Waals surface area contributed by atoms with E-state index in [0.717, 1.165) is 11.6 Å². The zero-order chi connectivity index (χ0) is 18.7. The maximum Gasteiger partial charge on any atom is 0.254 e. The van der Waals surface area contributed by atoms with Crippen molar-refractivity contribution >= 4 is 17.5 Å². The van der Waals surface area contributed by atoms with Crippen LogP contribution in [-0.4, -0.2) is 68.4 Å². The van der Waals surface area contributed by atoms with Gasteiger partial charge in [0.15, 0.2) is 23.2 Å². The molecule has 2 aromatic rings. The van der Waals surface area contributed by atoms with Crippen LogP contribution in [0.2, 0.25) is 0 Å². The van der Waals surface area contributed by atoms with Crippen molar-refractivity contribution in [3.05, 3.63) is 41.7 Å². The van der Waals surface area contributed by atoms with E-state index in [2.05, 4.69) is 15.1 Å². The number of piperazine rings is 1. The smallest absolute Gasteiger partial charge is 0.254 e. The molecular formula is C18H22FN5O2. The average molecular weight is 359 g/mol. The number of carbonyl (C=O) groups is 1. The van der Waals surface area contributed by atoms with E-state index in [1.165, 1.54) is 19.2 Å². The van der Waals surface area contributed by atoms with E-state index in [1.54, 1.807) is 11.0 Å². The first-order valence-electron chi connectivity index (χ1n) is 8.38. The van der Waals surface area contributed by atoms with Gasteiger partial charge in [-0.3, -0.25) is 4.79 Å². The zero-order valence-electron chi connectivity index (χ0n) is 15.1.